The molecule has 3 rings (SSSR count). The van der Waals surface area contributed by atoms with E-state index in [0.29, 0.717) is 5.88 Å². The van der Waals surface area contributed by atoms with Crippen LogP contribution in [-0.4, -0.2) is 5.16 Å². The summed E-state index contributed by atoms with van der Waals surface area (Å²) in [5, 5.41) is 4.18. The number of hydrogen-bond donors (Lipinski definition) is 1. The third kappa shape index (κ3) is 2.36. The highest BCUT2D eigenvalue weighted by molar-refractivity contribution is 9.10. The fourth-order valence-corrected chi connectivity index (χ4v) is 2.88. The van der Waals surface area contributed by atoms with Gasteiger partial charge in [-0.05, 0) is 46.5 Å². The molecule has 3 aromatic rings. The molecule has 0 bridgehead atoms. The molecule has 0 aliphatic rings. The van der Waals surface area contributed by atoms with E-state index in [1.165, 1.54) is 0 Å². The number of nitrogens with two attached hydrogens (primary N) is 1. The monoisotopic (exact) mass is 342 g/mol. The molecule has 2 N–H and O–H groups in total. The maximum absolute atomic E-state index is 6.02. The average Bonchev–Trinajstić information content (AvgIpc) is 2.84. The third-order valence-corrected chi connectivity index (χ3v) is 4.63. The van der Waals surface area contributed by atoms with E-state index in [0.717, 1.165) is 38.0 Å². The Morgan fingerprint density at radius 2 is 1.62 bits per heavy atom. The summed E-state index contributed by atoms with van der Waals surface area (Å²) in [4.78, 5) is 0. The normalized spacial score (nSPS) is 10.8. The number of hydrogen-bond acceptors (Lipinski definition) is 3. The van der Waals surface area contributed by atoms with E-state index in [2.05, 4.69) is 34.1 Å². The van der Waals surface area contributed by atoms with E-state index >= 15 is 0 Å². The third-order valence-electron chi connectivity index (χ3n) is 3.58. The summed E-state index contributed by atoms with van der Waals surface area (Å²) in [5.41, 5.74) is 11.9. The lowest BCUT2D eigenvalue weighted by atomic mass is 9.97. The number of benzene rings is 2. The second-order valence-corrected chi connectivity index (χ2v) is 5.81. The van der Waals surface area contributed by atoms with Gasteiger partial charge in [0.05, 0.1) is 5.56 Å². The van der Waals surface area contributed by atoms with Gasteiger partial charge in [-0.1, -0.05) is 47.6 Å². The van der Waals surface area contributed by atoms with Crippen molar-refractivity contribution < 1.29 is 4.52 Å². The molecule has 0 aliphatic carbocycles. The lowest BCUT2D eigenvalue weighted by Crippen LogP contribution is -1.91. The molecule has 3 nitrogen and oxygen atoms in total. The van der Waals surface area contributed by atoms with Crippen LogP contribution in [0.15, 0.2) is 51.5 Å². The first-order valence-electron chi connectivity index (χ1n) is 6.66. The first-order valence-corrected chi connectivity index (χ1v) is 7.45. The van der Waals surface area contributed by atoms with Gasteiger partial charge in [0.2, 0.25) is 5.88 Å². The summed E-state index contributed by atoms with van der Waals surface area (Å²) in [5.74, 6) is 0.340. The van der Waals surface area contributed by atoms with Crippen LogP contribution in [0.25, 0.3) is 22.4 Å². The van der Waals surface area contributed by atoms with Crippen molar-refractivity contribution >= 4 is 21.8 Å². The molecule has 0 spiro atoms. The van der Waals surface area contributed by atoms with Crippen molar-refractivity contribution in [1.29, 1.82) is 0 Å². The zero-order valence-corrected chi connectivity index (χ0v) is 13.4. The summed E-state index contributed by atoms with van der Waals surface area (Å²) >= 11 is 3.63. The van der Waals surface area contributed by atoms with E-state index in [-0.39, 0.29) is 0 Å². The van der Waals surface area contributed by atoms with Gasteiger partial charge in [-0.15, -0.1) is 0 Å². The summed E-state index contributed by atoms with van der Waals surface area (Å²) in [6.07, 6.45) is 0. The standard InChI is InChI=1S/C17H15BrN2O/c1-10-6-3-4-8-12(10)14-16(20-21-17(14)19)13-9-5-7-11(2)15(13)18/h3-9H,19H2,1-2H3. The lowest BCUT2D eigenvalue weighted by molar-refractivity contribution is 0.439. The molecular weight excluding hydrogens is 328 g/mol. The molecule has 0 fully saturated rings. The van der Waals surface area contributed by atoms with Crippen molar-refractivity contribution in [3.05, 3.63) is 58.1 Å². The number of rotatable bonds is 2. The molecule has 4 heteroatoms. The first kappa shape index (κ1) is 13.9. The van der Waals surface area contributed by atoms with Crippen LogP contribution < -0.4 is 5.73 Å². The van der Waals surface area contributed by atoms with Crippen LogP contribution in [0.2, 0.25) is 0 Å². The Balaban J connectivity index is 2.28. The summed E-state index contributed by atoms with van der Waals surface area (Å²) < 4.78 is 6.27. The molecule has 1 aromatic heterocycles. The molecular formula is C17H15BrN2O. The van der Waals surface area contributed by atoms with Crippen LogP contribution in [0.5, 0.6) is 0 Å². The number of halogens is 1. The van der Waals surface area contributed by atoms with Crippen LogP contribution in [0.1, 0.15) is 11.1 Å². The van der Waals surface area contributed by atoms with Gasteiger partial charge in [-0.25, -0.2) is 0 Å². The molecule has 0 aliphatic heterocycles. The maximum Gasteiger partial charge on any atom is 0.230 e. The van der Waals surface area contributed by atoms with E-state index in [4.69, 9.17) is 10.3 Å². The highest BCUT2D eigenvalue weighted by Gasteiger charge is 2.20. The predicted molar refractivity (Wildman–Crippen MR) is 89.0 cm³/mol. The van der Waals surface area contributed by atoms with Gasteiger partial charge in [0.15, 0.2) is 0 Å². The largest absolute Gasteiger partial charge is 0.367 e. The first-order chi connectivity index (χ1) is 10.1. The fraction of sp³-hybridized carbons (Fsp3) is 0.118. The maximum atomic E-state index is 6.02. The highest BCUT2D eigenvalue weighted by atomic mass is 79.9. The van der Waals surface area contributed by atoms with Crippen LogP contribution in [0.3, 0.4) is 0 Å². The van der Waals surface area contributed by atoms with E-state index < -0.39 is 0 Å². The van der Waals surface area contributed by atoms with Crippen molar-refractivity contribution in [3.63, 3.8) is 0 Å². The molecule has 0 atom stereocenters. The number of nitrogens with zero attached hydrogens (tertiary/aromatic N) is 1. The predicted octanol–water partition coefficient (Wildman–Crippen LogP) is 4.97. The van der Waals surface area contributed by atoms with Crippen molar-refractivity contribution in [2.24, 2.45) is 0 Å². The van der Waals surface area contributed by atoms with Gasteiger partial charge in [0, 0.05) is 10.0 Å². The van der Waals surface area contributed by atoms with Crippen molar-refractivity contribution in [1.82, 2.24) is 5.16 Å². The molecule has 0 unspecified atom stereocenters. The van der Waals surface area contributed by atoms with Crippen LogP contribution in [0, 0.1) is 13.8 Å². The Kier molecular flexibility index (Phi) is 3.55. The van der Waals surface area contributed by atoms with Gasteiger partial charge in [-0.2, -0.15) is 0 Å². The van der Waals surface area contributed by atoms with Crippen LogP contribution in [0.4, 0.5) is 5.88 Å². The molecule has 106 valence electrons. The summed E-state index contributed by atoms with van der Waals surface area (Å²) in [6, 6.07) is 14.1. The van der Waals surface area contributed by atoms with Crippen molar-refractivity contribution in [2.45, 2.75) is 13.8 Å². The lowest BCUT2D eigenvalue weighted by Gasteiger charge is -2.08. The van der Waals surface area contributed by atoms with Crippen LogP contribution in [-0.2, 0) is 0 Å². The number of aryl methyl sites for hydroxylation is 2. The Hall–Kier alpha value is -2.07. The summed E-state index contributed by atoms with van der Waals surface area (Å²) in [6.45, 7) is 4.10. The zero-order valence-electron chi connectivity index (χ0n) is 11.9. The molecule has 21 heavy (non-hydrogen) atoms. The quantitative estimate of drug-likeness (QED) is 0.715. The minimum atomic E-state index is 0.340. The minimum Gasteiger partial charge on any atom is -0.367 e. The zero-order chi connectivity index (χ0) is 15.0. The minimum absolute atomic E-state index is 0.340. The van der Waals surface area contributed by atoms with Crippen LogP contribution >= 0.6 is 15.9 Å². The Morgan fingerprint density at radius 3 is 2.38 bits per heavy atom. The average molecular weight is 343 g/mol. The molecule has 0 radical (unpaired) electrons. The van der Waals surface area contributed by atoms with E-state index in [9.17, 15) is 0 Å². The SMILES string of the molecule is Cc1ccccc1-c1c(-c2cccc(C)c2Br)noc1N. The van der Waals surface area contributed by atoms with Crippen molar-refractivity contribution in [3.8, 4) is 22.4 Å². The molecule has 0 saturated carbocycles. The topological polar surface area (TPSA) is 52.0 Å². The van der Waals surface area contributed by atoms with Gasteiger partial charge < -0.3 is 10.3 Å². The molecule has 2 aromatic carbocycles. The van der Waals surface area contributed by atoms with Gasteiger partial charge in [0.1, 0.15) is 5.69 Å². The second-order valence-electron chi connectivity index (χ2n) is 5.02. The second kappa shape index (κ2) is 5.37. The number of aromatic nitrogens is 1. The highest BCUT2D eigenvalue weighted by Crippen LogP contribution is 2.40. The Labute approximate surface area is 131 Å². The summed E-state index contributed by atoms with van der Waals surface area (Å²) in [7, 11) is 0. The molecule has 1 heterocycles. The van der Waals surface area contributed by atoms with Gasteiger partial charge >= 0.3 is 0 Å². The molecule has 0 saturated heterocycles. The molecule has 0 amide bonds. The Morgan fingerprint density at radius 1 is 0.952 bits per heavy atom. The smallest absolute Gasteiger partial charge is 0.230 e. The number of anilines is 1. The number of nitrogen functional groups attached to an aromatic ring is 1. The van der Waals surface area contributed by atoms with E-state index in [1.807, 2.05) is 43.3 Å². The van der Waals surface area contributed by atoms with Gasteiger partial charge in [0.25, 0.3) is 0 Å². The van der Waals surface area contributed by atoms with Crippen molar-refractivity contribution in [2.75, 3.05) is 5.73 Å². The fourth-order valence-electron chi connectivity index (χ4n) is 2.43. The Bertz CT molecular complexity index is 808. The van der Waals surface area contributed by atoms with Gasteiger partial charge in [-0.3, -0.25) is 0 Å². The van der Waals surface area contributed by atoms with E-state index in [1.54, 1.807) is 0 Å².